The Balaban J connectivity index is 1.33. The van der Waals surface area contributed by atoms with E-state index >= 15 is 0 Å². The summed E-state index contributed by atoms with van der Waals surface area (Å²) in [6, 6.07) is 6.68. The molecule has 6 nitrogen and oxygen atoms in total. The molecule has 29 heavy (non-hydrogen) atoms. The molecule has 2 aliphatic heterocycles. The zero-order chi connectivity index (χ0) is 20.1. The first-order valence-corrected chi connectivity index (χ1v) is 10.9. The van der Waals surface area contributed by atoms with Gasteiger partial charge in [0.05, 0.1) is 20.3 Å². The fourth-order valence-corrected chi connectivity index (χ4v) is 4.23. The van der Waals surface area contributed by atoms with Gasteiger partial charge in [-0.3, -0.25) is 4.79 Å². The third-order valence-electron chi connectivity index (χ3n) is 6.29. The molecular formula is C23H32N2O4. The third kappa shape index (κ3) is 5.11. The average Bonchev–Trinajstić information content (AvgIpc) is 2.73. The van der Waals surface area contributed by atoms with Gasteiger partial charge in [0.25, 0.3) is 0 Å². The van der Waals surface area contributed by atoms with E-state index in [9.17, 15) is 4.79 Å². The Labute approximate surface area is 173 Å². The molecule has 0 N–H and O–H groups in total. The molecule has 1 aliphatic carbocycles. The molecule has 0 aromatic heterocycles. The van der Waals surface area contributed by atoms with Crippen LogP contribution in [0, 0.1) is 0 Å². The molecule has 4 rings (SSSR count). The number of hydrogen-bond donors (Lipinski definition) is 0. The normalized spacial score (nSPS) is 21.9. The number of methoxy groups -OCH3 is 1. The SMILES string of the molecule is COc1cc(C=CC(=O)N2CCOCC2)ccc1OC1CCN(C2CCC2)CC1. The maximum Gasteiger partial charge on any atom is 0.246 e. The number of ether oxygens (including phenoxy) is 3. The summed E-state index contributed by atoms with van der Waals surface area (Å²) >= 11 is 0. The van der Waals surface area contributed by atoms with Gasteiger partial charge in [-0.1, -0.05) is 12.5 Å². The number of likely N-dealkylation sites (tertiary alicyclic amines) is 1. The van der Waals surface area contributed by atoms with E-state index in [4.69, 9.17) is 14.2 Å². The number of nitrogens with zero attached hydrogens (tertiary/aromatic N) is 2. The van der Waals surface area contributed by atoms with E-state index in [-0.39, 0.29) is 12.0 Å². The van der Waals surface area contributed by atoms with Crippen molar-refractivity contribution in [3.05, 3.63) is 29.8 Å². The highest BCUT2D eigenvalue weighted by molar-refractivity contribution is 5.91. The molecule has 1 aromatic carbocycles. The number of carbonyl (C=O) groups is 1. The highest BCUT2D eigenvalue weighted by Gasteiger charge is 2.29. The molecule has 2 saturated heterocycles. The molecule has 0 bridgehead atoms. The fourth-order valence-electron chi connectivity index (χ4n) is 4.23. The van der Waals surface area contributed by atoms with E-state index in [1.807, 2.05) is 29.2 Å². The van der Waals surface area contributed by atoms with Crippen LogP contribution in [-0.4, -0.2) is 74.4 Å². The van der Waals surface area contributed by atoms with Crippen molar-refractivity contribution in [2.75, 3.05) is 46.5 Å². The molecule has 0 spiro atoms. The van der Waals surface area contributed by atoms with Crippen LogP contribution in [0.4, 0.5) is 0 Å². The molecule has 3 aliphatic rings. The van der Waals surface area contributed by atoms with Gasteiger partial charge >= 0.3 is 0 Å². The van der Waals surface area contributed by atoms with Crippen LogP contribution < -0.4 is 9.47 Å². The van der Waals surface area contributed by atoms with Crippen molar-refractivity contribution in [3.63, 3.8) is 0 Å². The van der Waals surface area contributed by atoms with Crippen molar-refractivity contribution in [1.29, 1.82) is 0 Å². The van der Waals surface area contributed by atoms with Crippen LogP contribution >= 0.6 is 0 Å². The second-order valence-corrected chi connectivity index (χ2v) is 8.12. The van der Waals surface area contributed by atoms with Gasteiger partial charge in [0.15, 0.2) is 11.5 Å². The van der Waals surface area contributed by atoms with E-state index < -0.39 is 0 Å². The van der Waals surface area contributed by atoms with Crippen molar-refractivity contribution in [3.8, 4) is 11.5 Å². The number of hydrogen-bond acceptors (Lipinski definition) is 5. The molecule has 1 amide bonds. The van der Waals surface area contributed by atoms with Gasteiger partial charge in [-0.15, -0.1) is 0 Å². The van der Waals surface area contributed by atoms with Crippen LogP contribution in [0.15, 0.2) is 24.3 Å². The van der Waals surface area contributed by atoms with Crippen LogP contribution in [-0.2, 0) is 9.53 Å². The van der Waals surface area contributed by atoms with Crippen LogP contribution in [0.3, 0.4) is 0 Å². The first kappa shape index (κ1) is 20.2. The first-order chi connectivity index (χ1) is 14.2. The molecule has 1 saturated carbocycles. The summed E-state index contributed by atoms with van der Waals surface area (Å²) in [5, 5.41) is 0. The second-order valence-electron chi connectivity index (χ2n) is 8.12. The summed E-state index contributed by atoms with van der Waals surface area (Å²) in [5.41, 5.74) is 0.926. The Morgan fingerprint density at radius 1 is 1.07 bits per heavy atom. The molecule has 0 atom stereocenters. The van der Waals surface area contributed by atoms with E-state index in [0.717, 1.165) is 43.3 Å². The number of morpholine rings is 1. The molecule has 1 aromatic rings. The molecule has 2 heterocycles. The molecule has 158 valence electrons. The third-order valence-corrected chi connectivity index (χ3v) is 6.29. The Kier molecular flexibility index (Phi) is 6.72. The number of carbonyl (C=O) groups excluding carboxylic acids is 1. The maximum absolute atomic E-state index is 12.3. The van der Waals surface area contributed by atoms with Crippen LogP contribution in [0.2, 0.25) is 0 Å². The lowest BCUT2D eigenvalue weighted by molar-refractivity contribution is -0.129. The van der Waals surface area contributed by atoms with Gasteiger partial charge in [-0.05, 0) is 49.5 Å². The summed E-state index contributed by atoms with van der Waals surface area (Å²) in [5.74, 6) is 1.52. The molecule has 0 radical (unpaired) electrons. The van der Waals surface area contributed by atoms with Crippen LogP contribution in [0.1, 0.15) is 37.7 Å². The van der Waals surface area contributed by atoms with Crippen molar-refractivity contribution in [1.82, 2.24) is 9.80 Å². The summed E-state index contributed by atoms with van der Waals surface area (Å²) in [7, 11) is 1.66. The lowest BCUT2D eigenvalue weighted by Gasteiger charge is -2.41. The van der Waals surface area contributed by atoms with Crippen LogP contribution in [0.25, 0.3) is 6.08 Å². The van der Waals surface area contributed by atoms with Gasteiger partial charge in [-0.25, -0.2) is 0 Å². The van der Waals surface area contributed by atoms with Gasteiger partial charge in [0.1, 0.15) is 6.10 Å². The van der Waals surface area contributed by atoms with Crippen LogP contribution in [0.5, 0.6) is 11.5 Å². The number of benzene rings is 1. The Hall–Kier alpha value is -2.05. The fraction of sp³-hybridized carbons (Fsp3) is 0.609. The van der Waals surface area contributed by atoms with Crippen molar-refractivity contribution >= 4 is 12.0 Å². The predicted molar refractivity (Wildman–Crippen MR) is 112 cm³/mol. The predicted octanol–water partition coefficient (Wildman–Crippen LogP) is 2.96. The lowest BCUT2D eigenvalue weighted by atomic mass is 9.90. The topological polar surface area (TPSA) is 51.2 Å². The van der Waals surface area contributed by atoms with Crippen molar-refractivity contribution < 1.29 is 19.0 Å². The van der Waals surface area contributed by atoms with Gasteiger partial charge in [0.2, 0.25) is 5.91 Å². The second kappa shape index (κ2) is 9.63. The summed E-state index contributed by atoms with van der Waals surface area (Å²) < 4.78 is 17.1. The zero-order valence-electron chi connectivity index (χ0n) is 17.3. The Morgan fingerprint density at radius 2 is 1.83 bits per heavy atom. The van der Waals surface area contributed by atoms with Gasteiger partial charge < -0.3 is 24.0 Å². The number of rotatable bonds is 6. The lowest BCUT2D eigenvalue weighted by Crippen LogP contribution is -2.46. The van der Waals surface area contributed by atoms with E-state index in [1.165, 1.54) is 19.3 Å². The Morgan fingerprint density at radius 3 is 2.48 bits per heavy atom. The Bertz CT molecular complexity index is 718. The smallest absolute Gasteiger partial charge is 0.246 e. The highest BCUT2D eigenvalue weighted by atomic mass is 16.5. The summed E-state index contributed by atoms with van der Waals surface area (Å²) in [6.45, 7) is 4.78. The monoisotopic (exact) mass is 400 g/mol. The molecule has 6 heteroatoms. The standard InChI is InChI=1S/C23H32N2O4/c1-27-22-17-18(6-8-23(26)25-13-15-28-16-14-25)5-7-21(22)29-20-9-11-24(12-10-20)19-3-2-4-19/h5-8,17,19-20H,2-4,9-16H2,1H3. The number of piperidine rings is 1. The highest BCUT2D eigenvalue weighted by Crippen LogP contribution is 2.32. The maximum atomic E-state index is 12.3. The minimum atomic E-state index is 0.0193. The zero-order valence-corrected chi connectivity index (χ0v) is 17.3. The summed E-state index contributed by atoms with van der Waals surface area (Å²) in [4.78, 5) is 16.7. The first-order valence-electron chi connectivity index (χ1n) is 10.9. The van der Waals surface area contributed by atoms with Crippen molar-refractivity contribution in [2.24, 2.45) is 0 Å². The molecule has 3 fully saturated rings. The van der Waals surface area contributed by atoms with E-state index in [2.05, 4.69) is 4.90 Å². The minimum absolute atomic E-state index is 0.0193. The van der Waals surface area contributed by atoms with E-state index in [1.54, 1.807) is 13.2 Å². The number of amides is 1. The van der Waals surface area contributed by atoms with E-state index in [0.29, 0.717) is 32.1 Å². The largest absolute Gasteiger partial charge is 0.493 e. The van der Waals surface area contributed by atoms with Crippen molar-refractivity contribution in [2.45, 2.75) is 44.2 Å². The van der Waals surface area contributed by atoms with Gasteiger partial charge in [-0.2, -0.15) is 0 Å². The minimum Gasteiger partial charge on any atom is -0.493 e. The summed E-state index contributed by atoms with van der Waals surface area (Å²) in [6.07, 6.45) is 9.94. The van der Waals surface area contributed by atoms with Gasteiger partial charge in [0, 0.05) is 38.3 Å². The average molecular weight is 401 g/mol. The quantitative estimate of drug-likeness (QED) is 0.687. The molecular weight excluding hydrogens is 368 g/mol. The molecule has 0 unspecified atom stereocenters.